The molecule has 0 bridgehead atoms. The van der Waals surface area contributed by atoms with E-state index in [2.05, 4.69) is 0 Å². The molecule has 0 saturated carbocycles. The Morgan fingerprint density at radius 1 is 1.04 bits per heavy atom. The second-order valence-electron chi connectivity index (χ2n) is 5.40. The molecule has 0 atom stereocenters. The third-order valence-electron chi connectivity index (χ3n) is 2.21. The van der Waals surface area contributed by atoms with Crippen LogP contribution in [-0.4, -0.2) is 48.8 Å². The summed E-state index contributed by atoms with van der Waals surface area (Å²) in [7, 11) is -2.90. The van der Waals surface area contributed by atoms with Crippen LogP contribution in [0, 0.1) is 10.1 Å². The maximum atomic E-state index is 10.6. The normalized spacial score (nSPS) is 14.4. The van der Waals surface area contributed by atoms with Crippen LogP contribution in [0.25, 0.3) is 5.57 Å². The van der Waals surface area contributed by atoms with E-state index >= 15 is 0 Å². The van der Waals surface area contributed by atoms with E-state index in [-0.39, 0.29) is 5.69 Å². The first kappa shape index (κ1) is 22.8. The molecule has 0 saturated heterocycles. The number of benzene rings is 1. The van der Waals surface area contributed by atoms with E-state index in [1.807, 2.05) is 50.1 Å². The van der Waals surface area contributed by atoms with Gasteiger partial charge in [0.05, 0.1) is 10.5 Å². The number of nitrogens with zero attached hydrogens (tertiary/aromatic N) is 3. The molecule has 0 aliphatic rings. The Labute approximate surface area is 140 Å². The first-order chi connectivity index (χ1) is 10.8. The number of hydrogen-bond donors (Lipinski definition) is 0. The van der Waals surface area contributed by atoms with Gasteiger partial charge in [0.15, 0.2) is 6.21 Å². The first-order valence-electron chi connectivity index (χ1n) is 6.56. The van der Waals surface area contributed by atoms with Gasteiger partial charge in [-0.15, -0.1) is 0 Å². The van der Waals surface area contributed by atoms with Crippen molar-refractivity contribution in [2.24, 2.45) is 0 Å². The second-order valence-corrected chi connectivity index (χ2v) is 7.32. The number of hydrogen-bond acceptors (Lipinski definition) is 3. The van der Waals surface area contributed by atoms with Crippen molar-refractivity contribution in [1.29, 1.82) is 0 Å². The topological polar surface area (TPSA) is 49.4 Å². The van der Waals surface area contributed by atoms with E-state index in [9.17, 15) is 35.3 Å². The summed E-state index contributed by atoms with van der Waals surface area (Å²) < 4.78 is 61.1. The van der Waals surface area contributed by atoms with Gasteiger partial charge in [-0.3, -0.25) is 10.1 Å². The summed E-state index contributed by atoms with van der Waals surface area (Å²) >= 11 is 0. The molecule has 0 aliphatic heterocycles. The Bertz CT molecular complexity index is 666. The molecule has 144 valence electrons. The Hall–Kier alpha value is -2.16. The summed E-state index contributed by atoms with van der Waals surface area (Å²) in [5.74, 6) is 0. The van der Waals surface area contributed by atoms with Crippen molar-refractivity contribution in [2.45, 2.75) is 0 Å². The maximum absolute atomic E-state index is 10.7. The molecule has 0 heterocycles. The van der Waals surface area contributed by atoms with Gasteiger partial charge in [-0.1, -0.05) is 0 Å². The average molecular weight is 393 g/mol. The molecule has 1 aromatic rings. The predicted octanol–water partition coefficient (Wildman–Crippen LogP) is 5.22. The summed E-state index contributed by atoms with van der Waals surface area (Å²) in [6.07, 6.45) is 3.95. The van der Waals surface area contributed by atoms with Crippen LogP contribution in [0.1, 0.15) is 5.56 Å². The van der Waals surface area contributed by atoms with Crippen LogP contribution in [0.2, 0.25) is 0 Å². The Balaban J connectivity index is 0.000000697. The van der Waals surface area contributed by atoms with Crippen molar-refractivity contribution in [1.82, 2.24) is 4.90 Å². The van der Waals surface area contributed by atoms with Gasteiger partial charge in [0.25, 0.3) is 5.69 Å². The molecular weight excluding hydrogens is 375 g/mol. The van der Waals surface area contributed by atoms with Gasteiger partial charge in [-0.2, -0.15) is 0 Å². The number of nitro benzene ring substituents is 1. The van der Waals surface area contributed by atoms with Crippen LogP contribution in [0.4, 0.5) is 30.9 Å². The van der Waals surface area contributed by atoms with Gasteiger partial charge in [-0.05, 0) is 17.7 Å². The molecule has 0 N–H and O–H groups in total. The Morgan fingerprint density at radius 3 is 1.72 bits per heavy atom. The van der Waals surface area contributed by atoms with E-state index in [1.54, 1.807) is 12.1 Å². The molecule has 0 radical (unpaired) electrons. The molecule has 0 fully saturated rings. The number of halogens is 6. The molecule has 0 aromatic heterocycles. The SMILES string of the molecule is CN(C)/C=C(/C=[N+](C)C)c1ccc([N+](=O)[O-])cc1.F[P-](F)(F)(F)(F)F. The third-order valence-corrected chi connectivity index (χ3v) is 2.21. The van der Waals surface area contributed by atoms with Crippen LogP contribution in [0.5, 0.6) is 0 Å². The van der Waals surface area contributed by atoms with Crippen molar-refractivity contribution in [2.75, 3.05) is 28.2 Å². The number of allylic oxidation sites excluding steroid dienone is 1. The van der Waals surface area contributed by atoms with Crippen LogP contribution < -0.4 is 0 Å². The molecule has 25 heavy (non-hydrogen) atoms. The van der Waals surface area contributed by atoms with Gasteiger partial charge >= 0.3 is 33.0 Å². The van der Waals surface area contributed by atoms with Crippen molar-refractivity contribution in [3.63, 3.8) is 0 Å². The first-order valence-corrected chi connectivity index (χ1v) is 8.59. The molecule has 5 nitrogen and oxygen atoms in total. The zero-order valence-corrected chi connectivity index (χ0v) is 14.7. The zero-order valence-electron chi connectivity index (χ0n) is 13.8. The third kappa shape index (κ3) is 15.1. The van der Waals surface area contributed by atoms with Crippen molar-refractivity contribution >= 4 is 25.3 Å². The summed E-state index contributed by atoms with van der Waals surface area (Å²) in [4.78, 5) is 12.2. The second kappa shape index (κ2) is 6.99. The average Bonchev–Trinajstić information content (AvgIpc) is 2.33. The fourth-order valence-corrected chi connectivity index (χ4v) is 1.51. The Kier molecular flexibility index (Phi) is 6.39. The summed E-state index contributed by atoms with van der Waals surface area (Å²) in [6.45, 7) is 0. The van der Waals surface area contributed by atoms with E-state index in [1.165, 1.54) is 12.1 Å². The molecule has 1 aromatic carbocycles. The Morgan fingerprint density at radius 2 is 1.44 bits per heavy atom. The molecule has 0 amide bonds. The van der Waals surface area contributed by atoms with E-state index in [4.69, 9.17) is 0 Å². The van der Waals surface area contributed by atoms with Crippen molar-refractivity contribution in [3.05, 3.63) is 46.1 Å². The molecule has 0 unspecified atom stereocenters. The fourth-order valence-electron chi connectivity index (χ4n) is 1.51. The van der Waals surface area contributed by atoms with E-state index in [0.717, 1.165) is 11.1 Å². The minimum absolute atomic E-state index is 0.104. The molecule has 12 heteroatoms. The standard InChI is InChI=1S/C13H18N3O2.F6P/c1-14(2)9-12(10-15(3)4)11-5-7-13(8-6-11)16(17)18;1-7(2,3,4,5)6/h5-10H,1-4H3;/q+1;-1. The molecular formula is C13H18F6N3O2P. The predicted molar refractivity (Wildman–Crippen MR) is 86.5 cm³/mol. The fraction of sp³-hybridized carbons (Fsp3) is 0.308. The van der Waals surface area contributed by atoms with Gasteiger partial charge in [-0.25, -0.2) is 4.58 Å². The summed E-state index contributed by atoms with van der Waals surface area (Å²) in [5, 5.41) is 10.6. The van der Waals surface area contributed by atoms with E-state index in [0.29, 0.717) is 0 Å². The van der Waals surface area contributed by atoms with Crippen LogP contribution in [0.3, 0.4) is 0 Å². The monoisotopic (exact) mass is 393 g/mol. The van der Waals surface area contributed by atoms with Gasteiger partial charge in [0.2, 0.25) is 0 Å². The van der Waals surface area contributed by atoms with Crippen LogP contribution in [-0.2, 0) is 0 Å². The molecule has 1 rings (SSSR count). The van der Waals surface area contributed by atoms with Crippen molar-refractivity contribution in [3.8, 4) is 0 Å². The minimum atomic E-state index is -10.7. The van der Waals surface area contributed by atoms with Gasteiger partial charge < -0.3 is 4.90 Å². The summed E-state index contributed by atoms with van der Waals surface area (Å²) in [6, 6.07) is 6.55. The van der Waals surface area contributed by atoms with Crippen LogP contribution >= 0.6 is 7.81 Å². The van der Waals surface area contributed by atoms with Gasteiger partial charge in [0.1, 0.15) is 14.1 Å². The summed E-state index contributed by atoms with van der Waals surface area (Å²) in [5.41, 5.74) is 2.05. The van der Waals surface area contributed by atoms with Crippen LogP contribution in [0.15, 0.2) is 30.5 Å². The molecule has 0 aliphatic carbocycles. The van der Waals surface area contributed by atoms with Gasteiger partial charge in [0, 0.05) is 32.4 Å². The van der Waals surface area contributed by atoms with Crippen molar-refractivity contribution < 1.29 is 34.7 Å². The molecule has 0 spiro atoms. The quantitative estimate of drug-likeness (QED) is 0.176. The number of rotatable bonds is 4. The number of non-ortho nitro benzene ring substituents is 1. The number of nitro groups is 1. The zero-order chi connectivity index (χ0) is 20.1. The van der Waals surface area contributed by atoms with E-state index < -0.39 is 12.7 Å².